The third kappa shape index (κ3) is 6.75. The summed E-state index contributed by atoms with van der Waals surface area (Å²) in [6, 6.07) is 11.8. The normalized spacial score (nSPS) is 29.0. The summed E-state index contributed by atoms with van der Waals surface area (Å²) in [5.41, 5.74) is 3.80. The van der Waals surface area contributed by atoms with Crippen LogP contribution in [0.1, 0.15) is 66.9 Å². The summed E-state index contributed by atoms with van der Waals surface area (Å²) in [6.07, 6.45) is 6.21. The maximum Gasteiger partial charge on any atom is 0.337 e. The lowest BCUT2D eigenvalue weighted by atomic mass is 9.67. The molecule has 4 aliphatic rings. The number of ether oxygens (including phenoxy) is 4. The summed E-state index contributed by atoms with van der Waals surface area (Å²) in [5, 5.41) is 5.99. The number of nitrogens with zero attached hydrogens (tertiary/aromatic N) is 1. The van der Waals surface area contributed by atoms with Crippen molar-refractivity contribution in [3.63, 3.8) is 0 Å². The van der Waals surface area contributed by atoms with Gasteiger partial charge in [-0.15, -0.1) is 0 Å². The average molecular weight is 647 g/mol. The molecule has 44 heavy (non-hydrogen) atoms. The summed E-state index contributed by atoms with van der Waals surface area (Å²) in [6.45, 7) is 4.48. The van der Waals surface area contributed by atoms with Crippen molar-refractivity contribution >= 4 is 33.3 Å². The molecule has 2 aromatic carbocycles. The van der Waals surface area contributed by atoms with Gasteiger partial charge in [-0.05, 0) is 98.7 Å². The lowest BCUT2D eigenvalue weighted by Gasteiger charge is -2.48. The highest BCUT2D eigenvalue weighted by atomic mass is 35.5. The van der Waals surface area contributed by atoms with Crippen LogP contribution in [0.4, 0.5) is 5.69 Å². The van der Waals surface area contributed by atoms with Crippen molar-refractivity contribution < 1.29 is 32.2 Å². The zero-order valence-corrected chi connectivity index (χ0v) is 27.1. The number of primary sulfonamides is 1. The van der Waals surface area contributed by atoms with Crippen molar-refractivity contribution in [1.82, 2.24) is 0 Å². The Morgan fingerprint density at radius 1 is 1.20 bits per heavy atom. The molecule has 6 atom stereocenters. The van der Waals surface area contributed by atoms with E-state index in [0.29, 0.717) is 30.6 Å². The number of carbonyl (C=O) groups excluding carboxylic acids is 1. The highest BCUT2D eigenvalue weighted by Gasteiger charge is 2.45. The van der Waals surface area contributed by atoms with Gasteiger partial charge in [-0.25, -0.2) is 18.4 Å². The first-order valence-corrected chi connectivity index (χ1v) is 17.8. The van der Waals surface area contributed by atoms with Crippen LogP contribution in [-0.4, -0.2) is 71.9 Å². The van der Waals surface area contributed by atoms with Crippen LogP contribution < -0.4 is 14.8 Å². The van der Waals surface area contributed by atoms with Gasteiger partial charge < -0.3 is 23.8 Å². The van der Waals surface area contributed by atoms with E-state index in [-0.39, 0.29) is 29.3 Å². The lowest BCUT2D eigenvalue weighted by molar-refractivity contribution is -0.126. The molecular formula is C33H43ClN2O7S. The minimum Gasteiger partial charge on any atom is -0.490 e. The van der Waals surface area contributed by atoms with Crippen LogP contribution in [0.15, 0.2) is 36.4 Å². The quantitative estimate of drug-likeness (QED) is 0.404. The van der Waals surface area contributed by atoms with Gasteiger partial charge in [0.1, 0.15) is 5.75 Å². The van der Waals surface area contributed by atoms with Crippen molar-refractivity contribution in [3.05, 3.63) is 58.1 Å². The number of benzene rings is 2. The number of rotatable bonds is 8. The van der Waals surface area contributed by atoms with E-state index in [1.165, 1.54) is 18.2 Å². The number of hydrogen-bond donors (Lipinski definition) is 1. The number of fused-ring (bicyclic) bond motifs is 3. The van der Waals surface area contributed by atoms with Crippen LogP contribution in [0.2, 0.25) is 5.02 Å². The number of anilines is 1. The number of esters is 1. The summed E-state index contributed by atoms with van der Waals surface area (Å²) in [7, 11) is -2.20. The molecule has 1 saturated carbocycles. The standard InChI is InChI=1S/C33H43ClN2O7S/c1-21(18-44(35,38)39)43-26-11-13-41-31(16-26)27-8-5-24(27)17-36-19-33(12-3-4-22-14-25(34)7-9-28(22)33)20-42-30-10-6-23(15-29(30)36)32(37)40-2/h6-7,9-10,14-15,21,24,26-27,31H,3-5,8,11-13,16-20H2,1-2H3,(H2,35,38,39)/t21-,24+,26-,27-,31+,33+/m1/s1. The van der Waals surface area contributed by atoms with Crippen molar-refractivity contribution in [3.8, 4) is 5.75 Å². The van der Waals surface area contributed by atoms with E-state index in [1.54, 1.807) is 13.0 Å². The second-order valence-electron chi connectivity index (χ2n) is 13.1. The van der Waals surface area contributed by atoms with Crippen LogP contribution in [0.25, 0.3) is 0 Å². The molecule has 1 saturated heterocycles. The Hall–Kier alpha value is -2.37. The Kier molecular flexibility index (Phi) is 9.19. The van der Waals surface area contributed by atoms with Crippen molar-refractivity contribution in [1.29, 1.82) is 0 Å². The van der Waals surface area contributed by atoms with Crippen LogP contribution in [-0.2, 0) is 36.1 Å². The number of nitrogens with two attached hydrogens (primary N) is 1. The van der Waals surface area contributed by atoms with Gasteiger partial charge in [0.2, 0.25) is 10.0 Å². The fourth-order valence-corrected chi connectivity index (χ4v) is 8.79. The van der Waals surface area contributed by atoms with E-state index in [0.717, 1.165) is 74.5 Å². The predicted molar refractivity (Wildman–Crippen MR) is 169 cm³/mol. The molecule has 0 aromatic heterocycles. The smallest absolute Gasteiger partial charge is 0.337 e. The molecule has 1 spiro atoms. The van der Waals surface area contributed by atoms with Gasteiger partial charge in [-0.1, -0.05) is 17.7 Å². The maximum atomic E-state index is 12.6. The van der Waals surface area contributed by atoms with Gasteiger partial charge >= 0.3 is 5.97 Å². The monoisotopic (exact) mass is 646 g/mol. The largest absolute Gasteiger partial charge is 0.490 e. The molecule has 11 heteroatoms. The Balaban J connectivity index is 1.24. The highest BCUT2D eigenvalue weighted by Crippen LogP contribution is 2.47. The molecule has 2 aromatic rings. The van der Waals surface area contributed by atoms with E-state index in [2.05, 4.69) is 17.0 Å². The Morgan fingerprint density at radius 3 is 2.80 bits per heavy atom. The van der Waals surface area contributed by atoms with E-state index in [9.17, 15) is 13.2 Å². The molecule has 0 radical (unpaired) electrons. The fourth-order valence-electron chi connectivity index (χ4n) is 7.87. The number of sulfonamides is 1. The number of carbonyl (C=O) groups is 1. The second-order valence-corrected chi connectivity index (χ2v) is 15.2. The lowest BCUT2D eigenvalue weighted by Crippen LogP contribution is -2.51. The van der Waals surface area contributed by atoms with Crippen LogP contribution in [0, 0.1) is 11.8 Å². The van der Waals surface area contributed by atoms with Crippen LogP contribution >= 0.6 is 11.6 Å². The van der Waals surface area contributed by atoms with Gasteiger partial charge in [-0.3, -0.25) is 0 Å². The number of hydrogen-bond acceptors (Lipinski definition) is 8. The van der Waals surface area contributed by atoms with E-state index >= 15 is 0 Å². The number of methoxy groups -OCH3 is 1. The number of halogens is 1. The molecule has 9 nitrogen and oxygen atoms in total. The van der Waals surface area contributed by atoms with Crippen LogP contribution in [0.3, 0.4) is 0 Å². The predicted octanol–water partition coefficient (Wildman–Crippen LogP) is 4.87. The molecule has 0 unspecified atom stereocenters. The minimum atomic E-state index is -3.60. The maximum absolute atomic E-state index is 12.6. The summed E-state index contributed by atoms with van der Waals surface area (Å²) >= 11 is 6.41. The Labute approximate surface area is 265 Å². The zero-order chi connectivity index (χ0) is 31.1. The number of aryl methyl sites for hydroxylation is 1. The molecular weight excluding hydrogens is 604 g/mol. The summed E-state index contributed by atoms with van der Waals surface area (Å²) in [5.74, 6) is 0.961. The molecule has 2 fully saturated rings. The van der Waals surface area contributed by atoms with Crippen LogP contribution in [0.5, 0.6) is 5.75 Å². The molecule has 6 rings (SSSR count). The highest BCUT2D eigenvalue weighted by molar-refractivity contribution is 7.89. The SMILES string of the molecule is COC(=O)c1ccc2c(c1)N(C[C@@H]1CC[C@H]1[C@@H]1C[C@H](O[C@H](C)CS(N)(=O)=O)CCO1)C[C@@]1(CCCc3cc(Cl)ccc31)CO2. The van der Waals surface area contributed by atoms with Gasteiger partial charge in [0, 0.05) is 36.6 Å². The zero-order valence-electron chi connectivity index (χ0n) is 25.5. The van der Waals surface area contributed by atoms with E-state index < -0.39 is 16.1 Å². The van der Waals surface area contributed by atoms with Crippen molar-refractivity contribution in [2.75, 3.05) is 44.1 Å². The summed E-state index contributed by atoms with van der Waals surface area (Å²) < 4.78 is 47.1. The molecule has 0 amide bonds. The fraction of sp³-hybridized carbons (Fsp3) is 0.606. The molecule has 0 bridgehead atoms. The average Bonchev–Trinajstić information content (AvgIpc) is 3.11. The second kappa shape index (κ2) is 12.8. The topological polar surface area (TPSA) is 117 Å². The van der Waals surface area contributed by atoms with Crippen molar-refractivity contribution in [2.24, 2.45) is 17.0 Å². The van der Waals surface area contributed by atoms with E-state index in [1.807, 2.05) is 18.2 Å². The first-order valence-electron chi connectivity index (χ1n) is 15.7. The van der Waals surface area contributed by atoms with Crippen molar-refractivity contribution in [2.45, 2.75) is 75.6 Å². The minimum absolute atomic E-state index is 0.0461. The molecule has 2 heterocycles. The molecule has 2 N–H and O–H groups in total. The van der Waals surface area contributed by atoms with Gasteiger partial charge in [0.25, 0.3) is 0 Å². The Morgan fingerprint density at radius 2 is 2.05 bits per heavy atom. The third-order valence-electron chi connectivity index (χ3n) is 10.0. The Bertz CT molecular complexity index is 1490. The molecule has 2 aliphatic carbocycles. The first-order chi connectivity index (χ1) is 21.0. The summed E-state index contributed by atoms with van der Waals surface area (Å²) in [4.78, 5) is 15.0. The van der Waals surface area contributed by atoms with Gasteiger partial charge in [-0.2, -0.15) is 0 Å². The third-order valence-corrected chi connectivity index (χ3v) is 11.2. The van der Waals surface area contributed by atoms with E-state index in [4.69, 9.17) is 35.7 Å². The molecule has 2 aliphatic heterocycles. The first kappa shape index (κ1) is 31.6. The van der Waals surface area contributed by atoms with Gasteiger partial charge in [0.15, 0.2) is 0 Å². The van der Waals surface area contributed by atoms with Gasteiger partial charge in [0.05, 0.1) is 49.0 Å². The molecule has 240 valence electrons.